The summed E-state index contributed by atoms with van der Waals surface area (Å²) in [6.07, 6.45) is 0.913. The molecule has 2 N–H and O–H groups in total. The van der Waals surface area contributed by atoms with E-state index in [1.165, 1.54) is 0 Å². The van der Waals surface area contributed by atoms with Crippen molar-refractivity contribution in [2.45, 2.75) is 12.5 Å². The van der Waals surface area contributed by atoms with Crippen LogP contribution >= 0.6 is 0 Å². The third kappa shape index (κ3) is 0.373. The van der Waals surface area contributed by atoms with Crippen LogP contribution in [0, 0.1) is 17.2 Å². The number of nitrogens with two attached hydrogens (primary N) is 1. The molecule has 1 aliphatic rings. The van der Waals surface area contributed by atoms with Gasteiger partial charge < -0.3 is 5.73 Å². The van der Waals surface area contributed by atoms with E-state index in [0.717, 1.165) is 6.42 Å². The van der Waals surface area contributed by atoms with Crippen molar-refractivity contribution < 1.29 is 0 Å². The molecule has 0 aromatic heterocycles. The molecule has 2 nitrogen and oxygen atoms in total. The summed E-state index contributed by atoms with van der Waals surface area (Å²) in [5.41, 5.74) is 5.25. The molecule has 2 heteroatoms. The molecule has 0 saturated heterocycles. The van der Waals surface area contributed by atoms with Gasteiger partial charge in [0.25, 0.3) is 0 Å². The van der Waals surface area contributed by atoms with Crippen LogP contribution in [0.3, 0.4) is 0 Å². The molecule has 1 fully saturated rings. The van der Waals surface area contributed by atoms with Crippen LogP contribution in [0.1, 0.15) is 6.42 Å². The highest BCUT2D eigenvalue weighted by atomic mass is 14.7. The molecule has 2 atom stereocenters. The van der Waals surface area contributed by atoms with Gasteiger partial charge in [-0.1, -0.05) is 0 Å². The molecule has 32 valence electrons. The highest BCUT2D eigenvalue weighted by Gasteiger charge is 2.32. The van der Waals surface area contributed by atoms with Gasteiger partial charge in [-0.15, -0.1) is 0 Å². The summed E-state index contributed by atoms with van der Waals surface area (Å²) >= 11 is 0. The maximum absolute atomic E-state index is 8.05. The second-order valence-corrected chi connectivity index (χ2v) is 1.64. The van der Waals surface area contributed by atoms with Crippen molar-refractivity contribution in [1.29, 1.82) is 5.26 Å². The molecule has 0 spiro atoms. The van der Waals surface area contributed by atoms with Gasteiger partial charge in [0.05, 0.1) is 12.0 Å². The average molecular weight is 82.1 g/mol. The number of nitrogens with zero attached hydrogens (tertiary/aromatic N) is 1. The highest BCUT2D eigenvalue weighted by molar-refractivity contribution is 5.04. The van der Waals surface area contributed by atoms with Crippen molar-refractivity contribution in [3.63, 3.8) is 0 Å². The van der Waals surface area contributed by atoms with E-state index in [4.69, 9.17) is 11.0 Å². The highest BCUT2D eigenvalue weighted by Crippen LogP contribution is 2.25. The Hall–Kier alpha value is -0.550. The quantitative estimate of drug-likeness (QED) is 0.442. The Morgan fingerprint density at radius 1 is 1.83 bits per heavy atom. The molecule has 0 radical (unpaired) electrons. The molecule has 0 amide bonds. The minimum absolute atomic E-state index is 0.185. The molecule has 1 rings (SSSR count). The molecule has 0 aliphatic heterocycles. The van der Waals surface area contributed by atoms with E-state index in [1.54, 1.807) is 0 Å². The van der Waals surface area contributed by atoms with Gasteiger partial charge in [0.2, 0.25) is 0 Å². The zero-order valence-corrected chi connectivity index (χ0v) is 3.39. The second kappa shape index (κ2) is 0.954. The normalized spacial score (nSPS) is 41.3. The first-order valence-electron chi connectivity index (χ1n) is 2.00. The first-order valence-corrected chi connectivity index (χ1v) is 2.00. The lowest BCUT2D eigenvalue weighted by atomic mass is 10.5. The Bertz CT molecular complexity index is 92.2. The Balaban J connectivity index is 2.31. The number of nitriles is 1. The van der Waals surface area contributed by atoms with Crippen LogP contribution in [0.2, 0.25) is 0 Å². The van der Waals surface area contributed by atoms with Gasteiger partial charge in [0.15, 0.2) is 0 Å². The summed E-state index contributed by atoms with van der Waals surface area (Å²) in [7, 11) is 0. The summed E-state index contributed by atoms with van der Waals surface area (Å²) in [5, 5.41) is 8.05. The Kier molecular flexibility index (Phi) is 0.578. The van der Waals surface area contributed by atoms with Crippen LogP contribution in [0.15, 0.2) is 0 Å². The summed E-state index contributed by atoms with van der Waals surface area (Å²) in [6, 6.07) is 2.27. The van der Waals surface area contributed by atoms with Gasteiger partial charge in [0.1, 0.15) is 0 Å². The van der Waals surface area contributed by atoms with Crippen molar-refractivity contribution in [2.75, 3.05) is 0 Å². The SMILES string of the molecule is N#C[C@@H]1C[C@H]1N. The van der Waals surface area contributed by atoms with Crippen molar-refractivity contribution in [3.8, 4) is 6.07 Å². The van der Waals surface area contributed by atoms with Crippen LogP contribution in [-0.4, -0.2) is 6.04 Å². The Morgan fingerprint density at radius 2 is 2.33 bits per heavy atom. The average Bonchev–Trinajstić information content (AvgIpc) is 2.19. The predicted octanol–water partition coefficient (Wildman–Crippen LogP) is -0.143. The maximum Gasteiger partial charge on any atom is 0.0672 e. The first-order chi connectivity index (χ1) is 2.84. The van der Waals surface area contributed by atoms with Crippen molar-refractivity contribution >= 4 is 0 Å². The van der Waals surface area contributed by atoms with E-state index in [1.807, 2.05) is 0 Å². The molecule has 0 aromatic carbocycles. The summed E-state index contributed by atoms with van der Waals surface area (Å²) in [5.74, 6) is 0.185. The van der Waals surface area contributed by atoms with Gasteiger partial charge in [-0.2, -0.15) is 5.26 Å². The fourth-order valence-corrected chi connectivity index (χ4v) is 0.363. The molecule has 0 bridgehead atoms. The van der Waals surface area contributed by atoms with Crippen LogP contribution in [0.4, 0.5) is 0 Å². The number of hydrogen-bond acceptors (Lipinski definition) is 2. The zero-order chi connectivity index (χ0) is 4.57. The number of hydrogen-bond donors (Lipinski definition) is 1. The molecule has 0 unspecified atom stereocenters. The minimum Gasteiger partial charge on any atom is -0.326 e. The van der Waals surface area contributed by atoms with E-state index in [2.05, 4.69) is 6.07 Å². The fourth-order valence-electron chi connectivity index (χ4n) is 0.363. The number of rotatable bonds is 0. The van der Waals surface area contributed by atoms with Crippen LogP contribution in [0.5, 0.6) is 0 Å². The largest absolute Gasteiger partial charge is 0.326 e. The van der Waals surface area contributed by atoms with Crippen LogP contribution in [-0.2, 0) is 0 Å². The monoisotopic (exact) mass is 82.1 g/mol. The smallest absolute Gasteiger partial charge is 0.0672 e. The molecule has 1 saturated carbocycles. The van der Waals surface area contributed by atoms with Gasteiger partial charge in [0, 0.05) is 6.04 Å². The topological polar surface area (TPSA) is 49.8 Å². The molecular weight excluding hydrogens is 76.1 g/mol. The summed E-state index contributed by atoms with van der Waals surface area (Å²) < 4.78 is 0. The van der Waals surface area contributed by atoms with E-state index >= 15 is 0 Å². The van der Waals surface area contributed by atoms with Gasteiger partial charge in [-0.05, 0) is 6.42 Å². The second-order valence-electron chi connectivity index (χ2n) is 1.64. The lowest BCUT2D eigenvalue weighted by Crippen LogP contribution is -1.99. The lowest BCUT2D eigenvalue weighted by molar-refractivity contribution is 0.985. The van der Waals surface area contributed by atoms with Crippen molar-refractivity contribution in [3.05, 3.63) is 0 Å². The third-order valence-corrected chi connectivity index (χ3v) is 1.01. The van der Waals surface area contributed by atoms with E-state index in [0.29, 0.717) is 0 Å². The third-order valence-electron chi connectivity index (χ3n) is 1.01. The van der Waals surface area contributed by atoms with E-state index in [9.17, 15) is 0 Å². The van der Waals surface area contributed by atoms with Crippen LogP contribution < -0.4 is 5.73 Å². The van der Waals surface area contributed by atoms with Gasteiger partial charge in [-0.3, -0.25) is 0 Å². The summed E-state index contributed by atoms with van der Waals surface area (Å²) in [4.78, 5) is 0. The van der Waals surface area contributed by atoms with Gasteiger partial charge >= 0.3 is 0 Å². The van der Waals surface area contributed by atoms with Gasteiger partial charge in [-0.25, -0.2) is 0 Å². The van der Waals surface area contributed by atoms with E-state index in [-0.39, 0.29) is 12.0 Å². The van der Waals surface area contributed by atoms with Crippen molar-refractivity contribution in [1.82, 2.24) is 0 Å². The Labute approximate surface area is 36.6 Å². The standard InChI is InChI=1S/C4H6N2/c5-2-3-1-4(3)6/h3-4H,1,6H2/t3-,4+/m0/s1. The molecule has 1 aliphatic carbocycles. The minimum atomic E-state index is 0.185. The van der Waals surface area contributed by atoms with E-state index < -0.39 is 0 Å². The van der Waals surface area contributed by atoms with Crippen LogP contribution in [0.25, 0.3) is 0 Å². The summed E-state index contributed by atoms with van der Waals surface area (Å²) in [6.45, 7) is 0. The molecule has 0 aromatic rings. The molecule has 6 heavy (non-hydrogen) atoms. The predicted molar refractivity (Wildman–Crippen MR) is 21.7 cm³/mol. The molecular formula is C4H6N2. The fraction of sp³-hybridized carbons (Fsp3) is 0.750. The maximum atomic E-state index is 8.05. The lowest BCUT2D eigenvalue weighted by Gasteiger charge is -1.67. The zero-order valence-electron chi connectivity index (χ0n) is 3.39. The molecule has 0 heterocycles. The Morgan fingerprint density at radius 3 is 2.33 bits per heavy atom. The van der Waals surface area contributed by atoms with Crippen molar-refractivity contribution in [2.24, 2.45) is 11.7 Å². The first kappa shape index (κ1) is 3.63.